The van der Waals surface area contributed by atoms with Crippen LogP contribution < -0.4 is 5.73 Å². The SMILES string of the molecule is COC(CN)CCN1CCN(CCN(C)C)CC1. The molecule has 2 N–H and O–H groups in total. The molecule has 5 nitrogen and oxygen atoms in total. The minimum absolute atomic E-state index is 0.219. The van der Waals surface area contributed by atoms with E-state index >= 15 is 0 Å². The summed E-state index contributed by atoms with van der Waals surface area (Å²) in [5.41, 5.74) is 5.63. The summed E-state index contributed by atoms with van der Waals surface area (Å²) in [6.45, 7) is 8.80. The lowest BCUT2D eigenvalue weighted by atomic mass is 10.2. The van der Waals surface area contributed by atoms with Crippen LogP contribution in [0.5, 0.6) is 0 Å². The number of ether oxygens (including phenoxy) is 1. The average molecular weight is 258 g/mol. The zero-order chi connectivity index (χ0) is 13.4. The number of piperazine rings is 1. The van der Waals surface area contributed by atoms with Crippen LogP contribution in [0.1, 0.15) is 6.42 Å². The fourth-order valence-corrected chi connectivity index (χ4v) is 2.24. The van der Waals surface area contributed by atoms with Crippen molar-refractivity contribution in [2.45, 2.75) is 12.5 Å². The van der Waals surface area contributed by atoms with Gasteiger partial charge in [-0.2, -0.15) is 0 Å². The number of likely N-dealkylation sites (N-methyl/N-ethyl adjacent to an activating group) is 1. The molecule has 0 bridgehead atoms. The van der Waals surface area contributed by atoms with Crippen LogP contribution in [0.15, 0.2) is 0 Å². The molecule has 0 aliphatic carbocycles. The Hall–Kier alpha value is -0.200. The predicted octanol–water partition coefficient (Wildman–Crippen LogP) is -0.471. The molecule has 1 fully saturated rings. The van der Waals surface area contributed by atoms with Gasteiger partial charge in [-0.15, -0.1) is 0 Å². The number of methoxy groups -OCH3 is 1. The van der Waals surface area contributed by atoms with Crippen molar-refractivity contribution in [3.05, 3.63) is 0 Å². The van der Waals surface area contributed by atoms with Crippen molar-refractivity contribution in [3.63, 3.8) is 0 Å². The summed E-state index contributed by atoms with van der Waals surface area (Å²) >= 11 is 0. The third kappa shape index (κ3) is 6.11. The van der Waals surface area contributed by atoms with Gasteiger partial charge in [-0.1, -0.05) is 0 Å². The Balaban J connectivity index is 2.11. The van der Waals surface area contributed by atoms with Gasteiger partial charge in [-0.05, 0) is 20.5 Å². The fraction of sp³-hybridized carbons (Fsp3) is 1.00. The summed E-state index contributed by atoms with van der Waals surface area (Å²) in [6, 6.07) is 0. The van der Waals surface area contributed by atoms with Gasteiger partial charge in [0.2, 0.25) is 0 Å². The maximum absolute atomic E-state index is 5.63. The lowest BCUT2D eigenvalue weighted by Crippen LogP contribution is -2.48. The van der Waals surface area contributed by atoms with Gasteiger partial charge in [0.15, 0.2) is 0 Å². The molecule has 0 saturated carbocycles. The van der Waals surface area contributed by atoms with Crippen LogP contribution in [0.2, 0.25) is 0 Å². The summed E-state index contributed by atoms with van der Waals surface area (Å²) in [4.78, 5) is 7.32. The Morgan fingerprint density at radius 1 is 1.11 bits per heavy atom. The van der Waals surface area contributed by atoms with E-state index in [4.69, 9.17) is 10.5 Å². The summed E-state index contributed by atoms with van der Waals surface area (Å²) in [7, 11) is 6.01. The fourth-order valence-electron chi connectivity index (χ4n) is 2.24. The smallest absolute Gasteiger partial charge is 0.0705 e. The molecule has 0 aromatic heterocycles. The molecule has 5 heteroatoms. The van der Waals surface area contributed by atoms with Gasteiger partial charge in [0.05, 0.1) is 6.10 Å². The van der Waals surface area contributed by atoms with Gasteiger partial charge in [0, 0.05) is 59.5 Å². The van der Waals surface area contributed by atoms with E-state index in [0.29, 0.717) is 6.54 Å². The molecule has 1 atom stereocenters. The monoisotopic (exact) mass is 258 g/mol. The van der Waals surface area contributed by atoms with Crippen LogP contribution in [0.25, 0.3) is 0 Å². The minimum atomic E-state index is 0.219. The highest BCUT2D eigenvalue weighted by Crippen LogP contribution is 2.04. The predicted molar refractivity (Wildman–Crippen MR) is 75.9 cm³/mol. The van der Waals surface area contributed by atoms with Gasteiger partial charge in [0.25, 0.3) is 0 Å². The van der Waals surface area contributed by atoms with Crippen LogP contribution in [0.3, 0.4) is 0 Å². The van der Waals surface area contributed by atoms with E-state index in [9.17, 15) is 0 Å². The first-order valence-corrected chi connectivity index (χ1v) is 6.98. The van der Waals surface area contributed by atoms with Gasteiger partial charge in [-0.3, -0.25) is 4.90 Å². The Bertz CT molecular complexity index is 201. The normalized spacial score (nSPS) is 20.5. The second kappa shape index (κ2) is 8.82. The van der Waals surface area contributed by atoms with Gasteiger partial charge < -0.3 is 20.3 Å². The van der Waals surface area contributed by atoms with E-state index in [2.05, 4.69) is 28.8 Å². The Morgan fingerprint density at radius 2 is 1.67 bits per heavy atom. The zero-order valence-electron chi connectivity index (χ0n) is 12.3. The van der Waals surface area contributed by atoms with E-state index in [1.807, 2.05) is 0 Å². The first-order chi connectivity index (χ1) is 8.65. The molecule has 18 heavy (non-hydrogen) atoms. The van der Waals surface area contributed by atoms with E-state index < -0.39 is 0 Å². The zero-order valence-corrected chi connectivity index (χ0v) is 12.3. The number of hydrogen-bond donors (Lipinski definition) is 1. The molecular formula is C13H30N4O. The van der Waals surface area contributed by atoms with Crippen LogP contribution in [0, 0.1) is 0 Å². The second-order valence-corrected chi connectivity index (χ2v) is 5.37. The Morgan fingerprint density at radius 3 is 2.11 bits per heavy atom. The summed E-state index contributed by atoms with van der Waals surface area (Å²) in [5.74, 6) is 0. The minimum Gasteiger partial charge on any atom is -0.380 e. The van der Waals surface area contributed by atoms with Crippen LogP contribution in [-0.2, 0) is 4.74 Å². The molecular weight excluding hydrogens is 228 g/mol. The molecule has 1 heterocycles. The standard InChI is InChI=1S/C13H30N4O/c1-15(2)6-7-17-10-8-16(9-11-17)5-4-13(12-14)18-3/h13H,4-12,14H2,1-3H3. The maximum atomic E-state index is 5.63. The van der Waals surface area contributed by atoms with Crippen molar-refractivity contribution < 1.29 is 4.74 Å². The van der Waals surface area contributed by atoms with Crippen molar-refractivity contribution >= 4 is 0 Å². The topological polar surface area (TPSA) is 45.0 Å². The van der Waals surface area contributed by atoms with Crippen LogP contribution in [0.4, 0.5) is 0 Å². The molecule has 0 radical (unpaired) electrons. The first-order valence-electron chi connectivity index (χ1n) is 6.98. The Labute approximate surface area is 112 Å². The van der Waals surface area contributed by atoms with Gasteiger partial charge in [0.1, 0.15) is 0 Å². The molecule has 0 aromatic rings. The molecule has 0 amide bonds. The molecule has 1 unspecified atom stereocenters. The quantitative estimate of drug-likeness (QED) is 0.638. The van der Waals surface area contributed by atoms with Crippen molar-refractivity contribution in [1.29, 1.82) is 0 Å². The van der Waals surface area contributed by atoms with Crippen molar-refractivity contribution in [3.8, 4) is 0 Å². The largest absolute Gasteiger partial charge is 0.380 e. The second-order valence-electron chi connectivity index (χ2n) is 5.37. The lowest BCUT2D eigenvalue weighted by molar-refractivity contribution is 0.0739. The highest BCUT2D eigenvalue weighted by Gasteiger charge is 2.17. The van der Waals surface area contributed by atoms with Crippen LogP contribution in [-0.4, -0.2) is 94.4 Å². The van der Waals surface area contributed by atoms with Crippen molar-refractivity contribution in [1.82, 2.24) is 14.7 Å². The average Bonchev–Trinajstić information content (AvgIpc) is 2.39. The highest BCUT2D eigenvalue weighted by atomic mass is 16.5. The molecule has 1 aliphatic heterocycles. The van der Waals surface area contributed by atoms with Crippen molar-refractivity contribution in [2.75, 3.05) is 73.6 Å². The van der Waals surface area contributed by atoms with E-state index in [0.717, 1.165) is 19.5 Å². The first kappa shape index (κ1) is 15.9. The van der Waals surface area contributed by atoms with Crippen molar-refractivity contribution in [2.24, 2.45) is 5.73 Å². The number of rotatable bonds is 8. The number of hydrogen-bond acceptors (Lipinski definition) is 5. The Kier molecular flexibility index (Phi) is 7.77. The van der Waals surface area contributed by atoms with E-state index in [1.54, 1.807) is 7.11 Å². The summed E-state index contributed by atoms with van der Waals surface area (Å²) in [5, 5.41) is 0. The number of nitrogens with zero attached hydrogens (tertiary/aromatic N) is 3. The molecule has 1 saturated heterocycles. The van der Waals surface area contributed by atoms with E-state index in [1.165, 1.54) is 32.7 Å². The van der Waals surface area contributed by atoms with Gasteiger partial charge >= 0.3 is 0 Å². The summed E-state index contributed by atoms with van der Waals surface area (Å²) < 4.78 is 5.31. The third-order valence-corrected chi connectivity index (χ3v) is 3.69. The maximum Gasteiger partial charge on any atom is 0.0705 e. The molecule has 1 aliphatic rings. The highest BCUT2D eigenvalue weighted by molar-refractivity contribution is 4.73. The lowest BCUT2D eigenvalue weighted by Gasteiger charge is -2.35. The molecule has 1 rings (SSSR count). The van der Waals surface area contributed by atoms with Gasteiger partial charge in [-0.25, -0.2) is 0 Å². The number of nitrogens with two attached hydrogens (primary N) is 1. The molecule has 0 aromatic carbocycles. The molecule has 108 valence electrons. The third-order valence-electron chi connectivity index (χ3n) is 3.69. The van der Waals surface area contributed by atoms with E-state index in [-0.39, 0.29) is 6.10 Å². The van der Waals surface area contributed by atoms with Crippen LogP contribution >= 0.6 is 0 Å². The molecule has 0 spiro atoms. The summed E-state index contributed by atoms with van der Waals surface area (Å²) in [6.07, 6.45) is 1.27.